The molecule has 2 atom stereocenters. The van der Waals surface area contributed by atoms with E-state index in [0.29, 0.717) is 5.92 Å². The van der Waals surface area contributed by atoms with E-state index in [2.05, 4.69) is 31.3 Å². The first-order chi connectivity index (χ1) is 11.5. The highest BCUT2D eigenvalue weighted by atomic mass is 16.5. The quantitative estimate of drug-likeness (QED) is 0.803. The van der Waals surface area contributed by atoms with Crippen molar-refractivity contribution in [2.45, 2.75) is 46.3 Å². The molecular formula is C21H27NO2. The van der Waals surface area contributed by atoms with E-state index in [9.17, 15) is 4.79 Å². The normalized spacial score (nSPS) is 13.4. The maximum Gasteiger partial charge on any atom is 0.261 e. The SMILES string of the molecule is Cc1ccccc1O[C@H](C)C(=O)N[C@H](CC(C)C)c1ccccc1. The van der Waals surface area contributed by atoms with Crippen LogP contribution in [0.1, 0.15) is 44.4 Å². The third-order valence-electron chi connectivity index (χ3n) is 3.99. The predicted molar refractivity (Wildman–Crippen MR) is 98.0 cm³/mol. The van der Waals surface area contributed by atoms with Crippen LogP contribution in [0.2, 0.25) is 0 Å². The molecule has 0 fully saturated rings. The Balaban J connectivity index is 2.05. The van der Waals surface area contributed by atoms with Crippen LogP contribution >= 0.6 is 0 Å². The van der Waals surface area contributed by atoms with E-state index in [1.807, 2.05) is 49.4 Å². The average Bonchev–Trinajstić information content (AvgIpc) is 2.56. The van der Waals surface area contributed by atoms with Crippen LogP contribution in [0.15, 0.2) is 54.6 Å². The number of para-hydroxylation sites is 1. The van der Waals surface area contributed by atoms with Crippen LogP contribution in [0.3, 0.4) is 0 Å². The molecule has 0 heterocycles. The van der Waals surface area contributed by atoms with Crippen LogP contribution in [-0.2, 0) is 4.79 Å². The van der Waals surface area contributed by atoms with E-state index in [1.165, 1.54) is 0 Å². The molecule has 0 aliphatic rings. The standard InChI is InChI=1S/C21H27NO2/c1-15(2)14-19(18-11-6-5-7-12-18)22-21(23)17(4)24-20-13-9-8-10-16(20)3/h5-13,15,17,19H,14H2,1-4H3,(H,22,23)/t17-,19-/m1/s1. The molecule has 0 saturated carbocycles. The van der Waals surface area contributed by atoms with Gasteiger partial charge in [0.25, 0.3) is 5.91 Å². The van der Waals surface area contributed by atoms with Gasteiger partial charge in [-0.1, -0.05) is 62.4 Å². The summed E-state index contributed by atoms with van der Waals surface area (Å²) in [6.07, 6.45) is 0.358. The van der Waals surface area contributed by atoms with Gasteiger partial charge in [0.05, 0.1) is 6.04 Å². The minimum Gasteiger partial charge on any atom is -0.481 e. The second-order valence-electron chi connectivity index (χ2n) is 6.63. The van der Waals surface area contributed by atoms with E-state index < -0.39 is 6.10 Å². The molecule has 0 saturated heterocycles. The molecule has 128 valence electrons. The monoisotopic (exact) mass is 325 g/mol. The van der Waals surface area contributed by atoms with Gasteiger partial charge >= 0.3 is 0 Å². The Morgan fingerprint density at radius 1 is 1.00 bits per heavy atom. The Kier molecular flexibility index (Phi) is 6.42. The Morgan fingerprint density at radius 3 is 2.25 bits per heavy atom. The zero-order valence-electron chi connectivity index (χ0n) is 15.0. The van der Waals surface area contributed by atoms with Gasteiger partial charge in [-0.15, -0.1) is 0 Å². The molecule has 0 unspecified atom stereocenters. The molecule has 2 rings (SSSR count). The van der Waals surface area contributed by atoms with Gasteiger partial charge in [-0.3, -0.25) is 4.79 Å². The summed E-state index contributed by atoms with van der Waals surface area (Å²) in [5.41, 5.74) is 2.15. The number of hydrogen-bond donors (Lipinski definition) is 1. The number of carbonyl (C=O) groups excluding carboxylic acids is 1. The van der Waals surface area contributed by atoms with Crippen LogP contribution in [0.25, 0.3) is 0 Å². The van der Waals surface area contributed by atoms with Crippen molar-refractivity contribution in [2.24, 2.45) is 5.92 Å². The summed E-state index contributed by atoms with van der Waals surface area (Å²) in [6, 6.07) is 17.8. The smallest absolute Gasteiger partial charge is 0.261 e. The molecule has 1 N–H and O–H groups in total. The largest absolute Gasteiger partial charge is 0.481 e. The molecule has 2 aromatic rings. The Labute approximate surface area is 145 Å². The van der Waals surface area contributed by atoms with Crippen molar-refractivity contribution in [1.82, 2.24) is 5.32 Å². The van der Waals surface area contributed by atoms with E-state index in [-0.39, 0.29) is 11.9 Å². The fourth-order valence-electron chi connectivity index (χ4n) is 2.66. The van der Waals surface area contributed by atoms with Crippen molar-refractivity contribution in [1.29, 1.82) is 0 Å². The van der Waals surface area contributed by atoms with Crippen LogP contribution in [0.4, 0.5) is 0 Å². The lowest BCUT2D eigenvalue weighted by Gasteiger charge is -2.24. The lowest BCUT2D eigenvalue weighted by molar-refractivity contribution is -0.128. The summed E-state index contributed by atoms with van der Waals surface area (Å²) in [7, 11) is 0. The minimum atomic E-state index is -0.538. The second-order valence-corrected chi connectivity index (χ2v) is 6.63. The molecular weight excluding hydrogens is 298 g/mol. The Morgan fingerprint density at radius 2 is 1.62 bits per heavy atom. The number of amides is 1. The van der Waals surface area contributed by atoms with Crippen molar-refractivity contribution < 1.29 is 9.53 Å². The molecule has 3 nitrogen and oxygen atoms in total. The molecule has 0 spiro atoms. The van der Waals surface area contributed by atoms with Crippen LogP contribution in [0, 0.1) is 12.8 Å². The first-order valence-corrected chi connectivity index (χ1v) is 8.55. The highest BCUT2D eigenvalue weighted by Crippen LogP contribution is 2.22. The van der Waals surface area contributed by atoms with Crippen molar-refractivity contribution >= 4 is 5.91 Å². The number of aryl methyl sites for hydroxylation is 1. The molecule has 0 aromatic heterocycles. The summed E-state index contributed by atoms with van der Waals surface area (Å²) in [5, 5.41) is 3.14. The molecule has 0 aliphatic heterocycles. The zero-order valence-corrected chi connectivity index (χ0v) is 15.0. The third-order valence-corrected chi connectivity index (χ3v) is 3.99. The number of carbonyl (C=O) groups is 1. The van der Waals surface area contributed by atoms with Crippen molar-refractivity contribution in [2.75, 3.05) is 0 Å². The zero-order chi connectivity index (χ0) is 17.5. The number of nitrogens with one attached hydrogen (secondary N) is 1. The summed E-state index contributed by atoms with van der Waals surface area (Å²) in [4.78, 5) is 12.6. The maximum absolute atomic E-state index is 12.6. The van der Waals surface area contributed by atoms with Gasteiger partial charge in [-0.05, 0) is 43.4 Å². The van der Waals surface area contributed by atoms with Crippen LogP contribution in [0.5, 0.6) is 5.75 Å². The lowest BCUT2D eigenvalue weighted by Crippen LogP contribution is -2.39. The summed E-state index contributed by atoms with van der Waals surface area (Å²) in [6.45, 7) is 8.09. The van der Waals surface area contributed by atoms with Crippen molar-refractivity contribution in [3.8, 4) is 5.75 Å². The Hall–Kier alpha value is -2.29. The molecule has 24 heavy (non-hydrogen) atoms. The molecule has 0 radical (unpaired) electrons. The first-order valence-electron chi connectivity index (χ1n) is 8.55. The highest BCUT2D eigenvalue weighted by Gasteiger charge is 2.21. The van der Waals surface area contributed by atoms with Crippen LogP contribution in [-0.4, -0.2) is 12.0 Å². The summed E-state index contributed by atoms with van der Waals surface area (Å²) < 4.78 is 5.84. The molecule has 3 heteroatoms. The second kappa shape index (κ2) is 8.53. The van der Waals surface area contributed by atoms with E-state index >= 15 is 0 Å². The summed E-state index contributed by atoms with van der Waals surface area (Å²) in [5.74, 6) is 1.15. The number of ether oxygens (including phenoxy) is 1. The third kappa shape index (κ3) is 5.12. The lowest BCUT2D eigenvalue weighted by atomic mass is 9.97. The van der Waals surface area contributed by atoms with Gasteiger partial charge in [-0.2, -0.15) is 0 Å². The number of hydrogen-bond acceptors (Lipinski definition) is 2. The van der Waals surface area contributed by atoms with E-state index in [1.54, 1.807) is 6.92 Å². The molecule has 2 aromatic carbocycles. The fourth-order valence-corrected chi connectivity index (χ4v) is 2.66. The Bertz CT molecular complexity index is 652. The summed E-state index contributed by atoms with van der Waals surface area (Å²) >= 11 is 0. The van der Waals surface area contributed by atoms with Gasteiger partial charge in [0.15, 0.2) is 6.10 Å². The molecule has 0 bridgehead atoms. The van der Waals surface area contributed by atoms with Crippen molar-refractivity contribution in [3.63, 3.8) is 0 Å². The van der Waals surface area contributed by atoms with Gasteiger partial charge < -0.3 is 10.1 Å². The average molecular weight is 325 g/mol. The maximum atomic E-state index is 12.6. The van der Waals surface area contributed by atoms with Gasteiger partial charge in [0.1, 0.15) is 5.75 Å². The predicted octanol–water partition coefficient (Wildman–Crippen LogP) is 4.67. The first kappa shape index (κ1) is 18.1. The van der Waals surface area contributed by atoms with E-state index in [4.69, 9.17) is 4.74 Å². The number of benzene rings is 2. The minimum absolute atomic E-state index is 0.00150. The molecule has 1 amide bonds. The topological polar surface area (TPSA) is 38.3 Å². The van der Waals surface area contributed by atoms with Gasteiger partial charge in [-0.25, -0.2) is 0 Å². The fraction of sp³-hybridized carbons (Fsp3) is 0.381. The van der Waals surface area contributed by atoms with Crippen LogP contribution < -0.4 is 10.1 Å². The molecule has 0 aliphatic carbocycles. The highest BCUT2D eigenvalue weighted by molar-refractivity contribution is 5.81. The number of rotatable bonds is 7. The van der Waals surface area contributed by atoms with Gasteiger partial charge in [0.2, 0.25) is 0 Å². The van der Waals surface area contributed by atoms with Gasteiger partial charge in [0, 0.05) is 0 Å². The van der Waals surface area contributed by atoms with Crippen molar-refractivity contribution in [3.05, 3.63) is 65.7 Å². The van der Waals surface area contributed by atoms with E-state index in [0.717, 1.165) is 23.3 Å².